The predicted octanol–water partition coefficient (Wildman–Crippen LogP) is 7.61. The van der Waals surface area contributed by atoms with Crippen molar-refractivity contribution >= 4 is 5.97 Å². The molecule has 0 aliphatic heterocycles. The van der Waals surface area contributed by atoms with Gasteiger partial charge in [-0.3, -0.25) is 4.79 Å². The molecule has 2 fully saturated rings. The number of hydrogen-bond acceptors (Lipinski definition) is 2. The fraction of sp³-hybridized carbons (Fsp3) is 0.950. The lowest BCUT2D eigenvalue weighted by Gasteiger charge is -2.40. The molecular weight excluding hydrogens is 557 g/mol. The third-order valence-corrected chi connectivity index (χ3v) is 7.39. The Morgan fingerprint density at radius 2 is 1.19 bits per heavy atom. The van der Waals surface area contributed by atoms with Crippen molar-refractivity contribution in [2.45, 2.75) is 81.2 Å². The van der Waals surface area contributed by atoms with Crippen LogP contribution in [0.25, 0.3) is 0 Å². The summed E-state index contributed by atoms with van der Waals surface area (Å²) < 4.78 is 202. The van der Waals surface area contributed by atoms with E-state index >= 15 is 0 Å². The van der Waals surface area contributed by atoms with Crippen LogP contribution in [0.3, 0.4) is 0 Å². The molecule has 0 spiro atoms. The summed E-state index contributed by atoms with van der Waals surface area (Å²) in [6.07, 6.45) is -12.2. The summed E-state index contributed by atoms with van der Waals surface area (Å²) in [5.41, 5.74) is 0. The summed E-state index contributed by atoms with van der Waals surface area (Å²) in [4.78, 5) is 12.2. The molecule has 0 heterocycles. The van der Waals surface area contributed by atoms with E-state index in [0.717, 1.165) is 0 Å². The summed E-state index contributed by atoms with van der Waals surface area (Å²) in [5, 5.41) is 0. The second kappa shape index (κ2) is 9.26. The fourth-order valence-corrected chi connectivity index (χ4v) is 4.95. The molecular formula is C20H21F15O2. The van der Waals surface area contributed by atoms with E-state index in [2.05, 4.69) is 4.74 Å². The summed E-state index contributed by atoms with van der Waals surface area (Å²) in [6.45, 7) is 2.40. The standard InChI is InChI=1S/C20H21F15O2/c1-8-9(2)11-5-10(8)6-12(11)13(36)37-4-3-14(21,22)7-15(23,24)16(25,26)17(27,28)18(29,30)19(31,32)20(33,34)35/h8-12H,3-7H2,1-2H3. The van der Waals surface area contributed by atoms with Crippen molar-refractivity contribution in [3.63, 3.8) is 0 Å². The van der Waals surface area contributed by atoms with Crippen LogP contribution < -0.4 is 0 Å². The Balaban J connectivity index is 2.09. The zero-order valence-electron chi connectivity index (χ0n) is 18.9. The van der Waals surface area contributed by atoms with Gasteiger partial charge in [-0.2, -0.15) is 57.1 Å². The number of halogens is 15. The molecule has 2 rings (SSSR count). The van der Waals surface area contributed by atoms with Crippen LogP contribution in [0.5, 0.6) is 0 Å². The average molecular weight is 578 g/mol. The first-order valence-electron chi connectivity index (χ1n) is 10.8. The van der Waals surface area contributed by atoms with Crippen molar-refractivity contribution in [2.24, 2.45) is 29.6 Å². The Bertz CT molecular complexity index is 849. The van der Waals surface area contributed by atoms with E-state index in [1.54, 1.807) is 0 Å². The minimum Gasteiger partial charge on any atom is -0.465 e. The van der Waals surface area contributed by atoms with Gasteiger partial charge in [-0.05, 0) is 36.5 Å². The molecule has 2 saturated carbocycles. The van der Waals surface area contributed by atoms with Crippen molar-refractivity contribution in [3.8, 4) is 0 Å². The van der Waals surface area contributed by atoms with Gasteiger partial charge in [0.05, 0.1) is 18.9 Å². The molecule has 0 N–H and O–H groups in total. The molecule has 0 aromatic carbocycles. The topological polar surface area (TPSA) is 26.3 Å². The number of fused-ring (bicyclic) bond motifs is 2. The van der Waals surface area contributed by atoms with E-state index in [4.69, 9.17) is 0 Å². The van der Waals surface area contributed by atoms with Gasteiger partial charge in [-0.15, -0.1) is 0 Å². The van der Waals surface area contributed by atoms with E-state index in [1.807, 2.05) is 13.8 Å². The minimum absolute atomic E-state index is 0.0724. The zero-order chi connectivity index (χ0) is 29.2. The van der Waals surface area contributed by atoms with Gasteiger partial charge in [0.2, 0.25) is 0 Å². The molecule has 37 heavy (non-hydrogen) atoms. The van der Waals surface area contributed by atoms with Gasteiger partial charge in [0, 0.05) is 6.42 Å². The molecule has 218 valence electrons. The summed E-state index contributed by atoms with van der Waals surface area (Å²) in [5.74, 6) is -45.5. The Labute approximate surface area is 199 Å². The van der Waals surface area contributed by atoms with Crippen molar-refractivity contribution in [1.82, 2.24) is 0 Å². The van der Waals surface area contributed by atoms with Crippen LogP contribution in [-0.2, 0) is 9.53 Å². The Kier molecular flexibility index (Phi) is 7.92. The summed E-state index contributed by atoms with van der Waals surface area (Å²) >= 11 is 0. The maximum Gasteiger partial charge on any atom is 0.460 e. The van der Waals surface area contributed by atoms with Crippen LogP contribution in [0, 0.1) is 29.6 Å². The van der Waals surface area contributed by atoms with Gasteiger partial charge in [-0.1, -0.05) is 13.8 Å². The molecule has 2 bridgehead atoms. The van der Waals surface area contributed by atoms with Crippen molar-refractivity contribution in [3.05, 3.63) is 0 Å². The van der Waals surface area contributed by atoms with Gasteiger partial charge >= 0.3 is 41.8 Å². The molecule has 0 saturated heterocycles. The third kappa shape index (κ3) is 5.08. The van der Waals surface area contributed by atoms with Gasteiger partial charge in [-0.25, -0.2) is 8.78 Å². The van der Waals surface area contributed by atoms with Crippen LogP contribution in [0.15, 0.2) is 0 Å². The number of esters is 1. The van der Waals surface area contributed by atoms with Crippen LogP contribution in [0.2, 0.25) is 0 Å². The molecule has 5 atom stereocenters. The van der Waals surface area contributed by atoms with Gasteiger partial charge in [0.15, 0.2) is 0 Å². The quantitative estimate of drug-likeness (QED) is 0.197. The van der Waals surface area contributed by atoms with Gasteiger partial charge < -0.3 is 4.74 Å². The number of ether oxygens (including phenoxy) is 1. The van der Waals surface area contributed by atoms with Crippen LogP contribution in [-0.4, -0.2) is 54.3 Å². The second-order valence-electron chi connectivity index (χ2n) is 9.67. The number of hydrogen-bond donors (Lipinski definition) is 0. The van der Waals surface area contributed by atoms with Crippen LogP contribution in [0.4, 0.5) is 65.9 Å². The summed E-state index contributed by atoms with van der Waals surface area (Å²) in [7, 11) is 0. The average Bonchev–Trinajstić information content (AvgIpc) is 3.25. The number of carbonyl (C=O) groups excluding carboxylic acids is 1. The molecule has 0 radical (unpaired) electrons. The smallest absolute Gasteiger partial charge is 0.460 e. The monoisotopic (exact) mass is 578 g/mol. The highest BCUT2D eigenvalue weighted by Gasteiger charge is 2.91. The van der Waals surface area contributed by atoms with E-state index in [-0.39, 0.29) is 23.7 Å². The Morgan fingerprint density at radius 3 is 1.62 bits per heavy atom. The number of alkyl halides is 15. The SMILES string of the molecule is CC1C2CC(C(=O)OCCC(F)(F)CC(F)(F)C(F)(F)C(F)(F)C(F)(F)C(F)(F)C(F)(F)F)C(C2)C1C. The zero-order valence-corrected chi connectivity index (χ0v) is 18.9. The molecule has 2 nitrogen and oxygen atoms in total. The molecule has 2 aliphatic carbocycles. The van der Waals surface area contributed by atoms with E-state index < -0.39 is 73.0 Å². The highest BCUT2D eigenvalue weighted by Crippen LogP contribution is 2.61. The highest BCUT2D eigenvalue weighted by molar-refractivity contribution is 5.73. The van der Waals surface area contributed by atoms with Gasteiger partial charge in [0.25, 0.3) is 5.92 Å². The first kappa shape index (κ1) is 31.6. The minimum atomic E-state index is -8.16. The Hall–Kier alpha value is -1.58. The Morgan fingerprint density at radius 1 is 0.703 bits per heavy atom. The van der Waals surface area contributed by atoms with E-state index in [9.17, 15) is 70.7 Å². The number of carbonyl (C=O) groups is 1. The van der Waals surface area contributed by atoms with Crippen molar-refractivity contribution < 1.29 is 75.4 Å². The van der Waals surface area contributed by atoms with Crippen molar-refractivity contribution in [2.75, 3.05) is 6.61 Å². The largest absolute Gasteiger partial charge is 0.465 e. The lowest BCUT2D eigenvalue weighted by Crippen LogP contribution is -2.70. The summed E-state index contributed by atoms with van der Waals surface area (Å²) in [6, 6.07) is 0. The maximum atomic E-state index is 13.9. The molecule has 0 aromatic heterocycles. The van der Waals surface area contributed by atoms with Crippen LogP contribution >= 0.6 is 0 Å². The lowest BCUT2D eigenvalue weighted by molar-refractivity contribution is -0.442. The second-order valence-corrected chi connectivity index (χ2v) is 9.67. The van der Waals surface area contributed by atoms with Crippen molar-refractivity contribution in [1.29, 1.82) is 0 Å². The van der Waals surface area contributed by atoms with E-state index in [1.165, 1.54) is 0 Å². The predicted molar refractivity (Wildman–Crippen MR) is 94.0 cm³/mol. The molecule has 5 unspecified atom stereocenters. The maximum absolute atomic E-state index is 13.9. The first-order chi connectivity index (χ1) is 16.3. The lowest BCUT2D eigenvalue weighted by atomic mass is 9.76. The molecule has 17 heteroatoms. The normalized spacial score (nSPS) is 28.1. The molecule has 2 aliphatic rings. The molecule has 0 aromatic rings. The first-order valence-corrected chi connectivity index (χ1v) is 10.8. The van der Waals surface area contributed by atoms with Gasteiger partial charge in [0.1, 0.15) is 0 Å². The highest BCUT2D eigenvalue weighted by atomic mass is 19.4. The van der Waals surface area contributed by atoms with E-state index in [0.29, 0.717) is 12.8 Å². The number of rotatable bonds is 10. The third-order valence-electron chi connectivity index (χ3n) is 7.39. The molecule has 0 amide bonds. The van der Waals surface area contributed by atoms with Crippen LogP contribution in [0.1, 0.15) is 39.5 Å². The fourth-order valence-electron chi connectivity index (χ4n) is 4.95.